The fraction of sp³-hybridized carbons (Fsp3) is 0.389. The SMILES string of the molecule is CC(C)Oc1ncccc1NCc1ccccc1C1CC1. The second-order valence-corrected chi connectivity index (χ2v) is 5.85. The highest BCUT2D eigenvalue weighted by molar-refractivity contribution is 5.53. The summed E-state index contributed by atoms with van der Waals surface area (Å²) in [6.45, 7) is 4.84. The van der Waals surface area contributed by atoms with Crippen molar-refractivity contribution in [3.8, 4) is 5.88 Å². The van der Waals surface area contributed by atoms with E-state index in [1.807, 2.05) is 26.0 Å². The average Bonchev–Trinajstić information content (AvgIpc) is 3.31. The number of pyridine rings is 1. The molecule has 0 atom stereocenters. The van der Waals surface area contributed by atoms with Crippen molar-refractivity contribution in [2.24, 2.45) is 0 Å². The van der Waals surface area contributed by atoms with Crippen molar-refractivity contribution in [2.75, 3.05) is 5.32 Å². The molecule has 0 aliphatic heterocycles. The van der Waals surface area contributed by atoms with Crippen molar-refractivity contribution in [2.45, 2.75) is 45.3 Å². The Bertz CT molecular complexity index is 606. The van der Waals surface area contributed by atoms with Crippen LogP contribution in [0.2, 0.25) is 0 Å². The number of aromatic nitrogens is 1. The smallest absolute Gasteiger partial charge is 0.237 e. The fourth-order valence-corrected chi connectivity index (χ4v) is 2.52. The lowest BCUT2D eigenvalue weighted by Crippen LogP contribution is -2.10. The Morgan fingerprint density at radius 2 is 2.00 bits per heavy atom. The molecule has 1 fully saturated rings. The van der Waals surface area contributed by atoms with Crippen LogP contribution in [0.4, 0.5) is 5.69 Å². The molecule has 3 heteroatoms. The van der Waals surface area contributed by atoms with Crippen molar-refractivity contribution >= 4 is 5.69 Å². The first kappa shape index (κ1) is 13.9. The summed E-state index contributed by atoms with van der Waals surface area (Å²) in [7, 11) is 0. The van der Waals surface area contributed by atoms with Gasteiger partial charge in [0.2, 0.25) is 5.88 Å². The van der Waals surface area contributed by atoms with Gasteiger partial charge in [-0.05, 0) is 55.9 Å². The molecule has 1 aliphatic rings. The minimum atomic E-state index is 0.124. The number of ether oxygens (including phenoxy) is 1. The van der Waals surface area contributed by atoms with Gasteiger partial charge in [0.25, 0.3) is 0 Å². The largest absolute Gasteiger partial charge is 0.473 e. The standard InChI is InChI=1S/C18H22N2O/c1-13(2)21-18-17(8-5-11-19-18)20-12-15-6-3-4-7-16(15)14-9-10-14/h3-8,11,13-14,20H,9-10,12H2,1-2H3. The number of hydrogen-bond acceptors (Lipinski definition) is 3. The van der Waals surface area contributed by atoms with Crippen molar-refractivity contribution in [3.63, 3.8) is 0 Å². The van der Waals surface area contributed by atoms with E-state index in [0.29, 0.717) is 5.88 Å². The number of nitrogens with zero attached hydrogens (tertiary/aromatic N) is 1. The summed E-state index contributed by atoms with van der Waals surface area (Å²) in [6, 6.07) is 12.7. The van der Waals surface area contributed by atoms with Gasteiger partial charge >= 0.3 is 0 Å². The molecule has 0 amide bonds. The maximum atomic E-state index is 5.75. The number of rotatable bonds is 6. The van der Waals surface area contributed by atoms with Gasteiger partial charge < -0.3 is 10.1 Å². The molecule has 110 valence electrons. The predicted molar refractivity (Wildman–Crippen MR) is 85.7 cm³/mol. The van der Waals surface area contributed by atoms with Crippen LogP contribution < -0.4 is 10.1 Å². The lowest BCUT2D eigenvalue weighted by Gasteiger charge is -2.15. The normalized spacial score (nSPS) is 14.2. The summed E-state index contributed by atoms with van der Waals surface area (Å²) in [4.78, 5) is 4.32. The van der Waals surface area contributed by atoms with Crippen LogP contribution >= 0.6 is 0 Å². The molecular formula is C18H22N2O. The van der Waals surface area contributed by atoms with E-state index in [1.165, 1.54) is 24.0 Å². The molecule has 1 N–H and O–H groups in total. The zero-order valence-electron chi connectivity index (χ0n) is 12.7. The molecule has 3 rings (SSSR count). The summed E-state index contributed by atoms with van der Waals surface area (Å²) in [6.07, 6.45) is 4.54. The Morgan fingerprint density at radius 3 is 2.76 bits per heavy atom. The lowest BCUT2D eigenvalue weighted by atomic mass is 10.0. The monoisotopic (exact) mass is 282 g/mol. The Morgan fingerprint density at radius 1 is 1.19 bits per heavy atom. The average molecular weight is 282 g/mol. The third-order valence-corrected chi connectivity index (χ3v) is 3.66. The molecule has 1 aromatic heterocycles. The molecule has 0 bridgehead atoms. The van der Waals surface area contributed by atoms with Crippen molar-refractivity contribution < 1.29 is 4.74 Å². The number of benzene rings is 1. The van der Waals surface area contributed by atoms with Crippen LogP contribution in [0.3, 0.4) is 0 Å². The number of nitrogens with one attached hydrogen (secondary N) is 1. The molecular weight excluding hydrogens is 260 g/mol. The number of anilines is 1. The molecule has 0 unspecified atom stereocenters. The minimum Gasteiger partial charge on any atom is -0.473 e. The van der Waals surface area contributed by atoms with Gasteiger partial charge in [0.1, 0.15) is 0 Å². The quantitative estimate of drug-likeness (QED) is 0.855. The van der Waals surface area contributed by atoms with Crippen molar-refractivity contribution in [1.82, 2.24) is 4.98 Å². The molecule has 21 heavy (non-hydrogen) atoms. The summed E-state index contributed by atoms with van der Waals surface area (Å²) in [5, 5.41) is 3.47. The maximum absolute atomic E-state index is 5.75. The second kappa shape index (κ2) is 6.17. The fourth-order valence-electron chi connectivity index (χ4n) is 2.52. The molecule has 2 aromatic rings. The lowest BCUT2D eigenvalue weighted by molar-refractivity contribution is 0.234. The number of hydrogen-bond donors (Lipinski definition) is 1. The highest BCUT2D eigenvalue weighted by Crippen LogP contribution is 2.41. The molecule has 0 radical (unpaired) electrons. The highest BCUT2D eigenvalue weighted by Gasteiger charge is 2.25. The van der Waals surface area contributed by atoms with E-state index >= 15 is 0 Å². The summed E-state index contributed by atoms with van der Waals surface area (Å²) >= 11 is 0. The highest BCUT2D eigenvalue weighted by atomic mass is 16.5. The molecule has 1 heterocycles. The van der Waals surface area contributed by atoms with Crippen LogP contribution in [-0.2, 0) is 6.54 Å². The minimum absolute atomic E-state index is 0.124. The molecule has 0 spiro atoms. The van der Waals surface area contributed by atoms with Crippen LogP contribution in [0.1, 0.15) is 43.7 Å². The van der Waals surface area contributed by atoms with Crippen LogP contribution in [-0.4, -0.2) is 11.1 Å². The van der Waals surface area contributed by atoms with E-state index in [2.05, 4.69) is 34.6 Å². The van der Waals surface area contributed by atoms with E-state index < -0.39 is 0 Å². The van der Waals surface area contributed by atoms with Crippen LogP contribution in [0.5, 0.6) is 5.88 Å². The van der Waals surface area contributed by atoms with Gasteiger partial charge in [-0.1, -0.05) is 24.3 Å². The molecule has 3 nitrogen and oxygen atoms in total. The third-order valence-electron chi connectivity index (χ3n) is 3.66. The van der Waals surface area contributed by atoms with Crippen LogP contribution in [0, 0.1) is 0 Å². The molecule has 1 aromatic carbocycles. The maximum Gasteiger partial charge on any atom is 0.237 e. The predicted octanol–water partition coefficient (Wildman–Crippen LogP) is 4.36. The van der Waals surface area contributed by atoms with Gasteiger partial charge in [-0.2, -0.15) is 0 Å². The van der Waals surface area contributed by atoms with Crippen LogP contribution in [0.25, 0.3) is 0 Å². The van der Waals surface area contributed by atoms with Crippen LogP contribution in [0.15, 0.2) is 42.6 Å². The first-order chi connectivity index (χ1) is 10.2. The Kier molecular flexibility index (Phi) is 4.09. The topological polar surface area (TPSA) is 34.1 Å². The first-order valence-electron chi connectivity index (χ1n) is 7.67. The van der Waals surface area contributed by atoms with Gasteiger partial charge in [-0.15, -0.1) is 0 Å². The van der Waals surface area contributed by atoms with E-state index in [-0.39, 0.29) is 6.10 Å². The molecule has 1 aliphatic carbocycles. The Labute approximate surface area is 126 Å². The van der Waals surface area contributed by atoms with Gasteiger partial charge in [-0.25, -0.2) is 4.98 Å². The van der Waals surface area contributed by atoms with E-state index in [9.17, 15) is 0 Å². The zero-order chi connectivity index (χ0) is 14.7. The Hall–Kier alpha value is -2.03. The van der Waals surface area contributed by atoms with E-state index in [4.69, 9.17) is 4.74 Å². The van der Waals surface area contributed by atoms with E-state index in [1.54, 1.807) is 6.20 Å². The summed E-state index contributed by atoms with van der Waals surface area (Å²) in [5.41, 5.74) is 3.82. The summed E-state index contributed by atoms with van der Waals surface area (Å²) in [5.74, 6) is 1.44. The molecule has 0 saturated heterocycles. The molecule has 1 saturated carbocycles. The third kappa shape index (κ3) is 3.54. The van der Waals surface area contributed by atoms with Gasteiger partial charge in [0.05, 0.1) is 11.8 Å². The summed E-state index contributed by atoms with van der Waals surface area (Å²) < 4.78 is 5.75. The van der Waals surface area contributed by atoms with Crippen molar-refractivity contribution in [1.29, 1.82) is 0 Å². The van der Waals surface area contributed by atoms with Gasteiger partial charge in [0, 0.05) is 12.7 Å². The van der Waals surface area contributed by atoms with Gasteiger partial charge in [-0.3, -0.25) is 0 Å². The zero-order valence-corrected chi connectivity index (χ0v) is 12.7. The van der Waals surface area contributed by atoms with E-state index in [0.717, 1.165) is 18.2 Å². The second-order valence-electron chi connectivity index (χ2n) is 5.85. The first-order valence-corrected chi connectivity index (χ1v) is 7.67. The van der Waals surface area contributed by atoms with Gasteiger partial charge in [0.15, 0.2) is 0 Å². The Balaban J connectivity index is 1.73. The van der Waals surface area contributed by atoms with Crippen molar-refractivity contribution in [3.05, 3.63) is 53.7 Å².